The number of fused-ring (bicyclic) bond motifs is 5. The van der Waals surface area contributed by atoms with Gasteiger partial charge in [0.1, 0.15) is 5.60 Å². The standard InChI is InChI=1S/C24H32O9S.Na.H/c1-22-8-5-15(25)11-14(22)3-4-16-17-6-9-24(29,23(17,2)12-18(26)21(16)22)19(27)13-33-20(28)7-10-34(30,31)32;;/h5,8,11,16-18,21,26,29H,3-4,6-7,9-10,12-13H2,1-2H3,(H,30,31,32);;/t16-,17-,18?,21+,22-,23-,24-;;/m0../s1. The van der Waals surface area contributed by atoms with Crippen molar-refractivity contribution in [2.45, 2.75) is 64.1 Å². The second-order valence-electron chi connectivity index (χ2n) is 10.7. The first-order valence-electron chi connectivity index (χ1n) is 11.7. The SMILES string of the molecule is C[C@]12C=CC(=O)C=C1CC[C@@H]1[C@@H]2C(O)C[C@@]2(C)[C@H]1CC[C@]2(O)C(=O)COC(=O)CCS(=O)(=O)O.[NaH]. The number of hydrogen-bond donors (Lipinski definition) is 3. The molecule has 0 aromatic carbocycles. The number of aliphatic hydroxyl groups is 2. The molecule has 3 N–H and O–H groups in total. The Labute approximate surface area is 227 Å². The molecule has 7 atom stereocenters. The van der Waals surface area contributed by atoms with E-state index in [1.165, 1.54) is 0 Å². The van der Waals surface area contributed by atoms with Gasteiger partial charge >= 0.3 is 35.5 Å². The Balaban J connectivity index is 0.00000342. The molecule has 4 rings (SSSR count). The van der Waals surface area contributed by atoms with Gasteiger partial charge in [-0.1, -0.05) is 25.5 Å². The number of esters is 1. The van der Waals surface area contributed by atoms with E-state index in [0.717, 1.165) is 12.0 Å². The van der Waals surface area contributed by atoms with E-state index in [0.29, 0.717) is 12.8 Å². The summed E-state index contributed by atoms with van der Waals surface area (Å²) in [5.74, 6) is -2.61. The molecule has 3 fully saturated rings. The van der Waals surface area contributed by atoms with E-state index in [2.05, 4.69) is 0 Å². The predicted molar refractivity (Wildman–Crippen MR) is 127 cm³/mol. The third-order valence-corrected chi connectivity index (χ3v) is 9.76. The van der Waals surface area contributed by atoms with Gasteiger partial charge in [0.2, 0.25) is 5.78 Å². The minimum absolute atomic E-state index is 0. The number of carbonyl (C=O) groups excluding carboxylic acids is 3. The average molecular weight is 521 g/mol. The fourth-order valence-corrected chi connectivity index (χ4v) is 7.76. The fourth-order valence-electron chi connectivity index (χ4n) is 7.34. The van der Waals surface area contributed by atoms with Crippen molar-refractivity contribution in [3.8, 4) is 0 Å². The van der Waals surface area contributed by atoms with Crippen LogP contribution in [0.25, 0.3) is 0 Å². The van der Waals surface area contributed by atoms with Gasteiger partial charge in [0.05, 0.1) is 18.3 Å². The van der Waals surface area contributed by atoms with Gasteiger partial charge in [0.15, 0.2) is 12.4 Å². The molecule has 35 heavy (non-hydrogen) atoms. The van der Waals surface area contributed by atoms with E-state index in [9.17, 15) is 33.0 Å². The number of aliphatic hydroxyl groups excluding tert-OH is 1. The van der Waals surface area contributed by atoms with Crippen LogP contribution in [0.5, 0.6) is 0 Å². The topological polar surface area (TPSA) is 155 Å². The van der Waals surface area contributed by atoms with Crippen molar-refractivity contribution < 1.29 is 42.3 Å². The van der Waals surface area contributed by atoms with Crippen LogP contribution in [0.4, 0.5) is 0 Å². The zero-order valence-electron chi connectivity index (χ0n) is 19.4. The van der Waals surface area contributed by atoms with E-state index in [1.54, 1.807) is 12.2 Å². The zero-order chi connectivity index (χ0) is 25.1. The summed E-state index contributed by atoms with van der Waals surface area (Å²) < 4.78 is 35.2. The maximum atomic E-state index is 13.1. The molecule has 3 saturated carbocycles. The van der Waals surface area contributed by atoms with Crippen LogP contribution < -0.4 is 0 Å². The summed E-state index contributed by atoms with van der Waals surface area (Å²) in [6.07, 6.45) is 6.14. The summed E-state index contributed by atoms with van der Waals surface area (Å²) >= 11 is 0. The molecule has 0 aliphatic heterocycles. The Bertz CT molecular complexity index is 1080. The third-order valence-electron chi connectivity index (χ3n) is 9.04. The third kappa shape index (κ3) is 4.87. The molecule has 0 spiro atoms. The summed E-state index contributed by atoms with van der Waals surface area (Å²) in [5, 5.41) is 22.9. The van der Waals surface area contributed by atoms with E-state index in [4.69, 9.17) is 9.29 Å². The number of ether oxygens (including phenoxy) is 1. The molecular formula is C24H33NaO9S. The summed E-state index contributed by atoms with van der Waals surface area (Å²) in [6.45, 7) is 3.15. The molecule has 0 aromatic heterocycles. The molecule has 4 aliphatic rings. The van der Waals surface area contributed by atoms with Gasteiger partial charge < -0.3 is 14.9 Å². The summed E-state index contributed by atoms with van der Waals surface area (Å²) in [5.41, 5.74) is -2.14. The van der Waals surface area contributed by atoms with Crippen molar-refractivity contribution in [1.82, 2.24) is 0 Å². The molecule has 11 heteroatoms. The average Bonchev–Trinajstić information content (AvgIpc) is 3.01. The number of rotatable bonds is 6. The van der Waals surface area contributed by atoms with Crippen molar-refractivity contribution in [2.24, 2.45) is 28.6 Å². The molecule has 0 aromatic rings. The van der Waals surface area contributed by atoms with Crippen molar-refractivity contribution in [3.05, 3.63) is 23.8 Å². The number of allylic oxidation sites excluding steroid dienone is 4. The van der Waals surface area contributed by atoms with Crippen LogP contribution in [0.2, 0.25) is 0 Å². The monoisotopic (exact) mass is 520 g/mol. The van der Waals surface area contributed by atoms with Crippen molar-refractivity contribution in [1.29, 1.82) is 0 Å². The molecule has 0 saturated heterocycles. The Morgan fingerprint density at radius 1 is 1.23 bits per heavy atom. The maximum absolute atomic E-state index is 13.1. The number of Topliss-reactive ketones (excluding diaryl/α,β-unsaturated/α-hetero) is 1. The van der Waals surface area contributed by atoms with Crippen molar-refractivity contribution in [3.63, 3.8) is 0 Å². The second-order valence-corrected chi connectivity index (χ2v) is 12.3. The summed E-state index contributed by atoms with van der Waals surface area (Å²) in [6, 6.07) is 0. The first-order chi connectivity index (χ1) is 15.7. The predicted octanol–water partition coefficient (Wildman–Crippen LogP) is 0.738. The van der Waals surface area contributed by atoms with E-state index in [-0.39, 0.29) is 65.9 Å². The Morgan fingerprint density at radius 3 is 2.57 bits per heavy atom. The van der Waals surface area contributed by atoms with Gasteiger partial charge in [-0.05, 0) is 56.1 Å². The number of ketones is 2. The first-order valence-corrected chi connectivity index (χ1v) is 13.3. The molecule has 9 nitrogen and oxygen atoms in total. The minimum atomic E-state index is -4.34. The van der Waals surface area contributed by atoms with Crippen LogP contribution in [0.15, 0.2) is 23.8 Å². The van der Waals surface area contributed by atoms with Crippen LogP contribution in [0, 0.1) is 28.6 Å². The molecule has 4 aliphatic carbocycles. The van der Waals surface area contributed by atoms with Gasteiger partial charge in [-0.25, -0.2) is 0 Å². The van der Waals surface area contributed by atoms with Crippen LogP contribution >= 0.6 is 0 Å². The van der Waals surface area contributed by atoms with Gasteiger partial charge in [0, 0.05) is 16.7 Å². The fraction of sp³-hybridized carbons (Fsp3) is 0.708. The number of hydrogen-bond acceptors (Lipinski definition) is 8. The van der Waals surface area contributed by atoms with E-state index >= 15 is 0 Å². The second kappa shape index (κ2) is 9.78. The van der Waals surface area contributed by atoms with E-state index < -0.39 is 63.2 Å². The summed E-state index contributed by atoms with van der Waals surface area (Å²) in [4.78, 5) is 36.8. The zero-order valence-corrected chi connectivity index (χ0v) is 20.2. The van der Waals surface area contributed by atoms with Crippen LogP contribution in [0.1, 0.15) is 52.4 Å². The van der Waals surface area contributed by atoms with Crippen molar-refractivity contribution in [2.75, 3.05) is 12.4 Å². The van der Waals surface area contributed by atoms with E-state index in [1.807, 2.05) is 19.9 Å². The molecule has 0 amide bonds. The van der Waals surface area contributed by atoms with Crippen molar-refractivity contribution >= 4 is 57.2 Å². The normalized spacial score (nSPS) is 40.0. The quantitative estimate of drug-likeness (QED) is 0.261. The Kier molecular flexibility index (Phi) is 8.01. The van der Waals surface area contributed by atoms with Crippen LogP contribution in [-0.4, -0.2) is 94.3 Å². The van der Waals surface area contributed by atoms with Gasteiger partial charge in [-0.2, -0.15) is 8.42 Å². The molecule has 0 heterocycles. The molecule has 1 unspecified atom stereocenters. The Morgan fingerprint density at radius 2 is 1.91 bits per heavy atom. The van der Waals surface area contributed by atoms with Crippen LogP contribution in [0.3, 0.4) is 0 Å². The Hall–Kier alpha value is -0.880. The number of carbonyl (C=O) groups is 3. The molecule has 190 valence electrons. The molecule has 0 radical (unpaired) electrons. The van der Waals surface area contributed by atoms with Crippen LogP contribution in [-0.2, 0) is 29.2 Å². The van der Waals surface area contributed by atoms with Gasteiger partial charge in [0.25, 0.3) is 10.1 Å². The molecular weight excluding hydrogens is 487 g/mol. The summed E-state index contributed by atoms with van der Waals surface area (Å²) in [7, 11) is -4.34. The molecule has 0 bridgehead atoms. The first kappa shape index (κ1) is 28.7. The van der Waals surface area contributed by atoms with Gasteiger partial charge in [-0.15, -0.1) is 0 Å². The van der Waals surface area contributed by atoms with Gasteiger partial charge in [-0.3, -0.25) is 18.9 Å².